The fourth-order valence-electron chi connectivity index (χ4n) is 2.15. The molecule has 2 N–H and O–H groups in total. The second kappa shape index (κ2) is 5.16. The van der Waals surface area contributed by atoms with Crippen molar-refractivity contribution in [3.8, 4) is 5.69 Å². The maximum absolute atomic E-state index is 13.8. The monoisotopic (exact) mass is 387 g/mol. The number of halogens is 4. The average Bonchev–Trinajstić information content (AvgIpc) is 2.70. The Morgan fingerprint density at radius 3 is 2.62 bits per heavy atom. The van der Waals surface area contributed by atoms with Crippen molar-refractivity contribution in [2.24, 2.45) is 0 Å². The largest absolute Gasteiger partial charge is 0.369 e. The number of aromatic nitrogens is 2. The molecule has 21 heavy (non-hydrogen) atoms. The number of imidazole rings is 1. The Morgan fingerprint density at radius 1 is 1.19 bits per heavy atom. The molecule has 0 spiro atoms. The summed E-state index contributed by atoms with van der Waals surface area (Å²) in [7, 11) is 0. The molecule has 0 saturated heterocycles. The van der Waals surface area contributed by atoms with Crippen LogP contribution in [0.3, 0.4) is 0 Å². The second-order valence-corrected chi connectivity index (χ2v) is 6.28. The van der Waals surface area contributed by atoms with Gasteiger partial charge in [0.2, 0.25) is 5.95 Å². The number of aryl methyl sites for hydroxylation is 1. The number of hydrogen-bond acceptors (Lipinski definition) is 2. The zero-order valence-corrected chi connectivity index (χ0v) is 13.9. The molecule has 0 radical (unpaired) electrons. The Balaban J connectivity index is 2.37. The Kier molecular flexibility index (Phi) is 3.59. The van der Waals surface area contributed by atoms with Crippen molar-refractivity contribution in [3.05, 3.63) is 50.2 Å². The summed E-state index contributed by atoms with van der Waals surface area (Å²) < 4.78 is 15.7. The first-order valence-corrected chi connectivity index (χ1v) is 7.52. The lowest BCUT2D eigenvalue weighted by atomic mass is 10.2. The molecule has 3 aromatic rings. The van der Waals surface area contributed by atoms with Gasteiger partial charge in [-0.1, -0.05) is 23.2 Å². The van der Waals surface area contributed by atoms with E-state index in [1.807, 2.05) is 6.92 Å². The van der Waals surface area contributed by atoms with E-state index in [4.69, 9.17) is 28.9 Å². The van der Waals surface area contributed by atoms with Crippen LogP contribution in [0, 0.1) is 12.7 Å². The van der Waals surface area contributed by atoms with E-state index in [1.165, 1.54) is 6.07 Å². The fraction of sp³-hybridized carbons (Fsp3) is 0.0714. The Hall–Kier alpha value is -1.30. The molecular formula is C14H9BrCl2FN3. The number of hydrogen-bond donors (Lipinski definition) is 1. The molecule has 1 heterocycles. The van der Waals surface area contributed by atoms with Gasteiger partial charge in [-0.3, -0.25) is 4.57 Å². The van der Waals surface area contributed by atoms with Gasteiger partial charge in [-0.25, -0.2) is 9.37 Å². The van der Waals surface area contributed by atoms with Crippen LogP contribution in [0.2, 0.25) is 10.0 Å². The smallest absolute Gasteiger partial charge is 0.205 e. The van der Waals surface area contributed by atoms with E-state index in [1.54, 1.807) is 22.8 Å². The molecule has 0 unspecified atom stereocenters. The first-order chi connectivity index (χ1) is 9.88. The zero-order valence-electron chi connectivity index (χ0n) is 10.8. The van der Waals surface area contributed by atoms with E-state index in [2.05, 4.69) is 20.9 Å². The van der Waals surface area contributed by atoms with Gasteiger partial charge in [-0.2, -0.15) is 0 Å². The third-order valence-corrected chi connectivity index (χ3v) is 4.51. The lowest BCUT2D eigenvalue weighted by Gasteiger charge is -2.11. The van der Waals surface area contributed by atoms with Crippen LogP contribution >= 0.6 is 39.1 Å². The quantitative estimate of drug-likeness (QED) is 0.628. The van der Waals surface area contributed by atoms with Gasteiger partial charge in [0.15, 0.2) is 0 Å². The number of nitrogens with two attached hydrogens (primary N) is 1. The standard InChI is InChI=1S/C14H9BrCl2FN3/c1-6-2-9(17)12(4-8(6)16)21-13-5-10(18)7(15)3-11(13)20-14(21)19/h2-5H,1H3,(H2,19,20). The maximum Gasteiger partial charge on any atom is 0.205 e. The Bertz CT molecular complexity index is 877. The summed E-state index contributed by atoms with van der Waals surface area (Å²) in [5.41, 5.74) is 8.45. The molecule has 0 fully saturated rings. The van der Waals surface area contributed by atoms with Crippen LogP contribution < -0.4 is 5.73 Å². The molecule has 0 aliphatic carbocycles. The zero-order chi connectivity index (χ0) is 15.3. The number of fused-ring (bicyclic) bond motifs is 1. The number of rotatable bonds is 1. The predicted octanol–water partition coefficient (Wildman–Crippen LogP) is 5.12. The van der Waals surface area contributed by atoms with Crippen LogP contribution in [0.15, 0.2) is 28.7 Å². The average molecular weight is 389 g/mol. The number of anilines is 1. The summed E-state index contributed by atoms with van der Waals surface area (Å²) in [5, 5.41) is 1.01. The fourth-order valence-corrected chi connectivity index (χ4v) is 2.94. The molecule has 0 amide bonds. The Morgan fingerprint density at radius 2 is 1.90 bits per heavy atom. The molecule has 2 aromatic carbocycles. The summed E-state index contributed by atoms with van der Waals surface area (Å²) in [6, 6.07) is 6.35. The summed E-state index contributed by atoms with van der Waals surface area (Å²) in [6.45, 7) is 1.85. The molecule has 7 heteroatoms. The van der Waals surface area contributed by atoms with Gasteiger partial charge in [-0.05, 0) is 46.6 Å². The van der Waals surface area contributed by atoms with E-state index in [9.17, 15) is 4.39 Å². The van der Waals surface area contributed by atoms with Gasteiger partial charge in [0.05, 0.1) is 26.2 Å². The van der Waals surface area contributed by atoms with Crippen molar-refractivity contribution < 1.29 is 4.39 Å². The minimum absolute atomic E-state index is 0.212. The van der Waals surface area contributed by atoms with Gasteiger partial charge in [-0.15, -0.1) is 0 Å². The van der Waals surface area contributed by atoms with Crippen molar-refractivity contribution in [2.45, 2.75) is 6.92 Å². The van der Waals surface area contributed by atoms with E-state index >= 15 is 0 Å². The van der Waals surface area contributed by atoms with Crippen LogP contribution in [-0.2, 0) is 0 Å². The highest BCUT2D eigenvalue weighted by atomic mass is 79.9. The summed E-state index contributed by atoms with van der Waals surface area (Å²) in [4.78, 5) is 4.23. The molecule has 0 aliphatic heterocycles. The second-order valence-electron chi connectivity index (χ2n) is 4.61. The van der Waals surface area contributed by atoms with Gasteiger partial charge >= 0.3 is 0 Å². The van der Waals surface area contributed by atoms with E-state index in [0.717, 1.165) is 5.56 Å². The van der Waals surface area contributed by atoms with E-state index in [0.29, 0.717) is 31.2 Å². The number of benzene rings is 2. The predicted molar refractivity (Wildman–Crippen MR) is 87.9 cm³/mol. The van der Waals surface area contributed by atoms with Crippen molar-refractivity contribution in [2.75, 3.05) is 5.73 Å². The van der Waals surface area contributed by atoms with Crippen molar-refractivity contribution >= 4 is 56.1 Å². The van der Waals surface area contributed by atoms with Gasteiger partial charge in [0.1, 0.15) is 5.82 Å². The Labute approximate surface area is 138 Å². The highest BCUT2D eigenvalue weighted by Crippen LogP contribution is 2.33. The molecule has 0 atom stereocenters. The van der Waals surface area contributed by atoms with Crippen LogP contribution in [0.1, 0.15) is 5.56 Å². The normalized spacial score (nSPS) is 11.3. The third kappa shape index (κ3) is 2.39. The molecule has 0 aliphatic rings. The van der Waals surface area contributed by atoms with Crippen molar-refractivity contribution in [3.63, 3.8) is 0 Å². The van der Waals surface area contributed by atoms with Crippen molar-refractivity contribution in [1.82, 2.24) is 9.55 Å². The first-order valence-electron chi connectivity index (χ1n) is 5.97. The minimum Gasteiger partial charge on any atom is -0.369 e. The van der Waals surface area contributed by atoms with Gasteiger partial charge in [0, 0.05) is 11.1 Å². The summed E-state index contributed by atoms with van der Waals surface area (Å²) in [5.74, 6) is -0.192. The molecule has 1 aromatic heterocycles. The number of nitrogen functional groups attached to an aromatic ring is 1. The topological polar surface area (TPSA) is 43.8 Å². The highest BCUT2D eigenvalue weighted by molar-refractivity contribution is 9.10. The molecular weight excluding hydrogens is 380 g/mol. The van der Waals surface area contributed by atoms with Crippen LogP contribution in [0.25, 0.3) is 16.7 Å². The minimum atomic E-state index is -0.405. The maximum atomic E-state index is 13.8. The number of nitrogens with zero attached hydrogens (tertiary/aromatic N) is 2. The molecule has 3 nitrogen and oxygen atoms in total. The van der Waals surface area contributed by atoms with E-state index < -0.39 is 5.82 Å². The van der Waals surface area contributed by atoms with Gasteiger partial charge in [0.25, 0.3) is 0 Å². The summed E-state index contributed by atoms with van der Waals surface area (Å²) >= 11 is 15.5. The molecule has 108 valence electrons. The molecule has 3 rings (SSSR count). The van der Waals surface area contributed by atoms with Crippen molar-refractivity contribution in [1.29, 1.82) is 0 Å². The molecule has 0 bridgehead atoms. The van der Waals surface area contributed by atoms with Crippen LogP contribution in [0.4, 0.5) is 10.3 Å². The van der Waals surface area contributed by atoms with Gasteiger partial charge < -0.3 is 5.73 Å². The lowest BCUT2D eigenvalue weighted by Crippen LogP contribution is -2.02. The molecule has 0 saturated carbocycles. The lowest BCUT2D eigenvalue weighted by molar-refractivity contribution is 0.622. The summed E-state index contributed by atoms with van der Waals surface area (Å²) in [6.07, 6.45) is 0. The van der Waals surface area contributed by atoms with Crippen LogP contribution in [0.5, 0.6) is 0 Å². The SMILES string of the molecule is Cc1cc(Cl)c(-n2c(N)nc3cc(Br)c(F)cc32)cc1Cl. The van der Waals surface area contributed by atoms with E-state index in [-0.39, 0.29) is 5.95 Å². The van der Waals surface area contributed by atoms with Crippen LogP contribution in [-0.4, -0.2) is 9.55 Å². The highest BCUT2D eigenvalue weighted by Gasteiger charge is 2.16. The third-order valence-electron chi connectivity index (χ3n) is 3.19. The first kappa shape index (κ1) is 14.6.